The van der Waals surface area contributed by atoms with E-state index < -0.39 is 44.6 Å². The van der Waals surface area contributed by atoms with Crippen LogP contribution in [0.5, 0.6) is 0 Å². The van der Waals surface area contributed by atoms with Crippen molar-refractivity contribution in [2.24, 2.45) is 16.8 Å². The smallest absolute Gasteiger partial charge is 0.295 e. The van der Waals surface area contributed by atoms with Gasteiger partial charge >= 0.3 is 0 Å². The lowest BCUT2D eigenvalue weighted by atomic mass is 10.0. The number of nitrogens with zero attached hydrogens (tertiary/aromatic N) is 5. The first-order valence-corrected chi connectivity index (χ1v) is 30.4. The van der Waals surface area contributed by atoms with E-state index in [0.29, 0.717) is 47.2 Å². The summed E-state index contributed by atoms with van der Waals surface area (Å²) in [5.74, 6) is -0.326. The van der Waals surface area contributed by atoms with Gasteiger partial charge in [-0.15, -0.1) is 0 Å². The van der Waals surface area contributed by atoms with Gasteiger partial charge in [-0.2, -0.15) is 0 Å². The lowest BCUT2D eigenvalue weighted by molar-refractivity contribution is -0.120. The van der Waals surface area contributed by atoms with Gasteiger partial charge in [-0.25, -0.2) is 49.4 Å². The average Bonchev–Trinajstić information content (AvgIpc) is 4.32. The molecule has 3 aromatic heterocycles. The number of carbonyl (C=O) groups is 2. The predicted molar refractivity (Wildman–Crippen MR) is 285 cm³/mol. The number of fused-ring (bicyclic) bond motifs is 2. The Morgan fingerprint density at radius 1 is 0.667 bits per heavy atom. The molecule has 418 valence electrons. The van der Waals surface area contributed by atoms with Crippen LogP contribution in [0.2, 0.25) is 0 Å². The summed E-state index contributed by atoms with van der Waals surface area (Å²) < 4.78 is 126. The first kappa shape index (κ1) is 55.6. The lowest BCUT2D eigenvalue weighted by Gasteiger charge is -2.25. The maximum atomic E-state index is 14.3. The molecule has 2 aliphatic carbocycles. The van der Waals surface area contributed by atoms with Crippen LogP contribution in [-0.2, 0) is 62.7 Å². The topological polar surface area (TPSA) is 210 Å². The fourth-order valence-corrected chi connectivity index (χ4v) is 12.5. The fourth-order valence-electron chi connectivity index (χ4n) is 10.7. The first-order chi connectivity index (χ1) is 36.8. The average molecular weight is 1120 g/mol. The molecule has 78 heavy (non-hydrogen) atoms. The molecule has 3 atom stereocenters. The summed E-state index contributed by atoms with van der Waals surface area (Å²) >= 11 is 0. The molecule has 2 saturated carbocycles. The van der Waals surface area contributed by atoms with Crippen molar-refractivity contribution in [2.75, 3.05) is 29.8 Å². The van der Waals surface area contributed by atoms with E-state index in [1.807, 2.05) is 39.8 Å². The third kappa shape index (κ3) is 12.5. The predicted octanol–water partition coefficient (Wildman–Crippen LogP) is 11.6. The summed E-state index contributed by atoms with van der Waals surface area (Å²) in [4.78, 5) is 42.8. The maximum absolute atomic E-state index is 14.3. The number of hydrogen-bond donors (Lipinski definition) is 2. The van der Waals surface area contributed by atoms with Gasteiger partial charge in [0.2, 0.25) is 0 Å². The molecule has 16 nitrogen and oxygen atoms in total. The molecule has 5 aromatic rings. The molecule has 0 bridgehead atoms. The molecule has 7 heterocycles. The van der Waals surface area contributed by atoms with E-state index in [9.17, 15) is 44.0 Å². The molecule has 2 aromatic carbocycles. The third-order valence-electron chi connectivity index (χ3n) is 15.1. The number of carbonyl (C=O) groups excluding carboxylic acids is 2. The summed E-state index contributed by atoms with van der Waals surface area (Å²) in [5.41, 5.74) is 3.66. The minimum Gasteiger partial charge on any atom is -0.368 e. The summed E-state index contributed by atoms with van der Waals surface area (Å²) in [6.07, 6.45) is 4.38. The second-order valence-corrected chi connectivity index (χ2v) is 26.8. The van der Waals surface area contributed by atoms with Crippen LogP contribution in [0.4, 0.5) is 46.0 Å². The Morgan fingerprint density at radius 2 is 1.19 bits per heavy atom. The number of nitrogens with one attached hydrogen (secondary N) is 2. The van der Waals surface area contributed by atoms with Gasteiger partial charge in [0.05, 0.1) is 78.7 Å². The van der Waals surface area contributed by atoms with E-state index in [-0.39, 0.29) is 104 Å². The Labute approximate surface area is 451 Å². The SMILES string of the molecule is CC1(C)CCC(c2ccc(Nc3cc(CC(=O)C4CC4)nc4c3N=C(C(F)F)C4)c(S(C)(=O)=O)c2)O1.CC1(C)CCC(c2ccc(Nc3cc(CC(=O)C4CC4)nc4c3nc(C(F)F)n4C3CCCCO3)c(S(C)(=O)=O)c2)O1. The second kappa shape index (κ2) is 21.4. The fraction of sp³-hybridized carbons (Fsp3) is 0.536. The number of benzene rings is 2. The Kier molecular flexibility index (Phi) is 15.3. The molecule has 2 N–H and O–H groups in total. The second-order valence-electron chi connectivity index (χ2n) is 22.8. The number of pyridine rings is 2. The largest absolute Gasteiger partial charge is 0.368 e. The van der Waals surface area contributed by atoms with Crippen molar-refractivity contribution in [3.8, 4) is 0 Å². The monoisotopic (exact) mass is 1120 g/mol. The number of anilines is 4. The number of ether oxygens (including phenoxy) is 3. The molecule has 0 spiro atoms. The van der Waals surface area contributed by atoms with E-state index >= 15 is 0 Å². The summed E-state index contributed by atoms with van der Waals surface area (Å²) in [6, 6.07) is 13.4. The molecular formula is C56H65F4N7O9S2. The molecule has 3 unspecified atom stereocenters. The van der Waals surface area contributed by atoms with Gasteiger partial charge in [-0.3, -0.25) is 19.1 Å². The van der Waals surface area contributed by atoms with E-state index in [1.54, 1.807) is 36.4 Å². The van der Waals surface area contributed by atoms with Gasteiger partial charge in [0.1, 0.15) is 29.0 Å². The highest BCUT2D eigenvalue weighted by atomic mass is 32.2. The van der Waals surface area contributed by atoms with Crippen molar-refractivity contribution < 1.29 is 58.2 Å². The van der Waals surface area contributed by atoms with Crippen molar-refractivity contribution in [1.29, 1.82) is 0 Å². The quantitative estimate of drug-likeness (QED) is 0.0830. The van der Waals surface area contributed by atoms with Crippen molar-refractivity contribution in [1.82, 2.24) is 19.5 Å². The van der Waals surface area contributed by atoms with Crippen LogP contribution in [0.1, 0.15) is 157 Å². The number of sulfone groups is 2. The van der Waals surface area contributed by atoms with E-state index in [4.69, 9.17) is 14.2 Å². The highest BCUT2D eigenvalue weighted by Crippen LogP contribution is 2.45. The number of Topliss-reactive ketones (excluding diaryl/α,β-unsaturated/α-hetero) is 2. The van der Waals surface area contributed by atoms with Crippen LogP contribution in [0, 0.1) is 11.8 Å². The van der Waals surface area contributed by atoms with Gasteiger partial charge in [-0.05, 0) is 146 Å². The van der Waals surface area contributed by atoms with Crippen LogP contribution in [0.15, 0.2) is 63.3 Å². The summed E-state index contributed by atoms with van der Waals surface area (Å²) in [6.45, 7) is 8.45. The lowest BCUT2D eigenvalue weighted by Crippen LogP contribution is -2.21. The zero-order valence-electron chi connectivity index (χ0n) is 44.5. The first-order valence-electron chi connectivity index (χ1n) is 26.6. The molecule has 22 heteroatoms. The molecule has 0 amide bonds. The van der Waals surface area contributed by atoms with E-state index in [1.165, 1.54) is 4.57 Å². The van der Waals surface area contributed by atoms with Crippen molar-refractivity contribution in [2.45, 2.75) is 170 Å². The van der Waals surface area contributed by atoms with Crippen LogP contribution < -0.4 is 10.6 Å². The minimum absolute atomic E-state index is 0.00529. The zero-order chi connectivity index (χ0) is 55.6. The van der Waals surface area contributed by atoms with Crippen LogP contribution in [0.25, 0.3) is 11.2 Å². The standard InChI is InChI=1S/C30H36F2N4O5S.C26H29F2N3O4S/c1-30(2)12-11-23(41-30)18-9-10-20(24(14-18)42(3,38)39)34-21-15-19(16-22(37)17-7-8-17)33-28-26(21)35-29(27(31)32)36(28)25-6-4-5-13-40-25;1-26(2)9-8-22(35-26)15-6-7-17(23(10-15)36(3,33)34)30-18-11-16(12-21(32)14-4-5-14)29-19-13-20(25(27)28)31-24(18)19/h9-10,14-15,17,23,25,27H,4-8,11-13,16H2,1-3H3,(H,33,34);6-7,10-11,14,22,25H,4-5,8-9,12-13H2,1-3H3,(H,29,30). The number of hydrogen-bond acceptors (Lipinski definition) is 15. The zero-order valence-corrected chi connectivity index (χ0v) is 46.1. The summed E-state index contributed by atoms with van der Waals surface area (Å²) in [5, 5.41) is 6.27. The molecule has 11 rings (SSSR count). The molecule has 0 radical (unpaired) electrons. The van der Waals surface area contributed by atoms with Crippen molar-refractivity contribution in [3.63, 3.8) is 0 Å². The number of imidazole rings is 1. The normalized spacial score (nSPS) is 21.8. The molecule has 3 saturated heterocycles. The van der Waals surface area contributed by atoms with Crippen molar-refractivity contribution in [3.05, 3.63) is 82.6 Å². The van der Waals surface area contributed by atoms with Crippen LogP contribution in [0.3, 0.4) is 0 Å². The van der Waals surface area contributed by atoms with Gasteiger partial charge in [0, 0.05) is 50.2 Å². The van der Waals surface area contributed by atoms with Crippen LogP contribution >= 0.6 is 0 Å². The molecule has 6 aliphatic rings. The van der Waals surface area contributed by atoms with Gasteiger partial charge in [0.15, 0.2) is 31.1 Å². The van der Waals surface area contributed by atoms with Crippen LogP contribution in [-0.4, -0.2) is 90.4 Å². The maximum Gasteiger partial charge on any atom is 0.295 e. The number of halogens is 4. The number of rotatable bonds is 17. The minimum atomic E-state index is -3.71. The van der Waals surface area contributed by atoms with Gasteiger partial charge in [0.25, 0.3) is 12.9 Å². The Morgan fingerprint density at radius 3 is 1.65 bits per heavy atom. The number of aliphatic imine (C=N–C) groups is 1. The van der Waals surface area contributed by atoms with Gasteiger partial charge < -0.3 is 24.8 Å². The Bertz CT molecular complexity index is 3440. The van der Waals surface area contributed by atoms with E-state index in [0.717, 1.165) is 87.8 Å². The molecule has 4 aliphatic heterocycles. The Hall–Kier alpha value is -5.68. The number of ketones is 2. The molecular weight excluding hydrogens is 1050 g/mol. The van der Waals surface area contributed by atoms with Crippen molar-refractivity contribution >= 4 is 76.6 Å². The Balaban J connectivity index is 0.000000179. The highest BCUT2D eigenvalue weighted by Gasteiger charge is 2.37. The third-order valence-corrected chi connectivity index (χ3v) is 17.4. The molecule has 5 fully saturated rings. The van der Waals surface area contributed by atoms with E-state index in [2.05, 4.69) is 30.6 Å². The highest BCUT2D eigenvalue weighted by molar-refractivity contribution is 7.91. The number of alkyl halides is 4. The summed E-state index contributed by atoms with van der Waals surface area (Å²) in [7, 11) is -7.36. The number of aromatic nitrogens is 4. The van der Waals surface area contributed by atoms with Gasteiger partial charge in [-0.1, -0.05) is 12.1 Å².